The monoisotopic (exact) mass is 331 g/mol. The third kappa shape index (κ3) is 3.34. The second-order valence-electron chi connectivity index (χ2n) is 5.30. The number of furan rings is 1. The van der Waals surface area contributed by atoms with Crippen molar-refractivity contribution in [2.24, 2.45) is 5.10 Å². The van der Waals surface area contributed by atoms with E-state index in [1.54, 1.807) is 11.3 Å². The topological polar surface area (TPSA) is 85.9 Å². The molecule has 3 heterocycles. The normalized spacial score (nSPS) is 17.3. The lowest BCUT2D eigenvalue weighted by Gasteiger charge is -2.20. The summed E-state index contributed by atoms with van der Waals surface area (Å²) in [6.07, 6.45) is 0.0906. The lowest BCUT2D eigenvalue weighted by atomic mass is 10.1. The van der Waals surface area contributed by atoms with Crippen LogP contribution >= 0.6 is 11.3 Å². The smallest absolute Gasteiger partial charge is 0.243 e. The van der Waals surface area contributed by atoms with E-state index < -0.39 is 5.97 Å². The van der Waals surface area contributed by atoms with Crippen LogP contribution in [0.15, 0.2) is 39.2 Å². The predicted molar refractivity (Wildman–Crippen MR) is 82.7 cm³/mol. The molecule has 6 nitrogen and oxygen atoms in total. The molecule has 0 aromatic carbocycles. The molecule has 1 aliphatic heterocycles. The van der Waals surface area contributed by atoms with E-state index in [4.69, 9.17) is 4.42 Å². The van der Waals surface area contributed by atoms with E-state index in [1.807, 2.05) is 36.6 Å². The van der Waals surface area contributed by atoms with Gasteiger partial charge in [0.2, 0.25) is 5.91 Å². The molecule has 7 heteroatoms. The van der Waals surface area contributed by atoms with Crippen LogP contribution in [-0.4, -0.2) is 22.6 Å². The zero-order valence-electron chi connectivity index (χ0n) is 12.5. The first-order chi connectivity index (χ1) is 11.0. The van der Waals surface area contributed by atoms with Crippen LogP contribution in [0.25, 0.3) is 0 Å². The fourth-order valence-corrected chi connectivity index (χ4v) is 3.23. The van der Waals surface area contributed by atoms with Crippen LogP contribution in [0.4, 0.5) is 0 Å². The fourth-order valence-electron chi connectivity index (χ4n) is 2.51. The number of nitrogens with zero attached hydrogens (tertiary/aromatic N) is 2. The van der Waals surface area contributed by atoms with Crippen molar-refractivity contribution in [1.82, 2.24) is 5.01 Å². The Kier molecular flexibility index (Phi) is 4.29. The van der Waals surface area contributed by atoms with E-state index in [0.717, 1.165) is 16.3 Å². The summed E-state index contributed by atoms with van der Waals surface area (Å²) in [4.78, 5) is 23.9. The number of amides is 1. The maximum atomic E-state index is 12.3. The molecule has 0 radical (unpaired) electrons. The van der Waals surface area contributed by atoms with Crippen molar-refractivity contribution in [1.29, 1.82) is 0 Å². The highest BCUT2D eigenvalue weighted by Crippen LogP contribution is 2.35. The van der Waals surface area contributed by atoms with Crippen molar-refractivity contribution >= 4 is 28.9 Å². The average Bonchev–Trinajstić information content (AvgIpc) is 3.23. The molecular formula is C16H15N2O4S-. The lowest BCUT2D eigenvalue weighted by Crippen LogP contribution is -2.29. The lowest BCUT2D eigenvalue weighted by molar-refractivity contribution is -0.305. The van der Waals surface area contributed by atoms with Crippen LogP contribution in [0, 0.1) is 6.92 Å². The third-order valence-corrected chi connectivity index (χ3v) is 4.52. The zero-order valence-corrected chi connectivity index (χ0v) is 13.3. The summed E-state index contributed by atoms with van der Waals surface area (Å²) < 4.78 is 5.65. The Hall–Kier alpha value is -2.41. The number of thiophene rings is 1. The van der Waals surface area contributed by atoms with E-state index in [2.05, 4.69) is 5.10 Å². The fraction of sp³-hybridized carbons (Fsp3) is 0.312. The second-order valence-corrected chi connectivity index (χ2v) is 6.25. The highest BCUT2D eigenvalue weighted by molar-refractivity contribution is 7.12. The second kappa shape index (κ2) is 6.37. The Morgan fingerprint density at radius 2 is 2.22 bits per heavy atom. The summed E-state index contributed by atoms with van der Waals surface area (Å²) in [5.74, 6) is -0.184. The standard InChI is InChI=1S/C16H16N2O4S/c1-10-4-5-13(22-10)12-9-11(14-3-2-8-23-14)17-18(12)15(19)6-7-16(20)21/h2-5,8,12H,6-7,9H2,1H3,(H,20,21)/p-1/t12-/m0/s1. The quantitative estimate of drug-likeness (QED) is 0.837. The van der Waals surface area contributed by atoms with Gasteiger partial charge in [-0.2, -0.15) is 5.10 Å². The minimum Gasteiger partial charge on any atom is -0.550 e. The Morgan fingerprint density at radius 3 is 2.83 bits per heavy atom. The van der Waals surface area contributed by atoms with Crippen LogP contribution in [0.1, 0.15) is 41.7 Å². The van der Waals surface area contributed by atoms with E-state index in [9.17, 15) is 14.7 Å². The van der Waals surface area contributed by atoms with Crippen molar-refractivity contribution in [2.75, 3.05) is 0 Å². The predicted octanol–water partition coefficient (Wildman–Crippen LogP) is 1.86. The van der Waals surface area contributed by atoms with Gasteiger partial charge in [-0.05, 0) is 36.9 Å². The highest BCUT2D eigenvalue weighted by atomic mass is 32.1. The summed E-state index contributed by atoms with van der Waals surface area (Å²) in [6.45, 7) is 1.84. The maximum Gasteiger partial charge on any atom is 0.243 e. The van der Waals surface area contributed by atoms with Crippen molar-refractivity contribution in [3.05, 3.63) is 46.0 Å². The molecule has 23 heavy (non-hydrogen) atoms. The van der Waals surface area contributed by atoms with E-state index in [0.29, 0.717) is 12.2 Å². The average molecular weight is 331 g/mol. The number of hydrogen-bond acceptors (Lipinski definition) is 6. The maximum absolute atomic E-state index is 12.3. The number of carbonyl (C=O) groups excluding carboxylic acids is 2. The zero-order chi connectivity index (χ0) is 16.4. The Balaban J connectivity index is 1.86. The van der Waals surface area contributed by atoms with Gasteiger partial charge < -0.3 is 14.3 Å². The summed E-state index contributed by atoms with van der Waals surface area (Å²) in [5.41, 5.74) is 0.806. The van der Waals surface area contributed by atoms with Crippen LogP contribution in [0.5, 0.6) is 0 Å². The molecule has 1 atom stereocenters. The van der Waals surface area contributed by atoms with Crippen LogP contribution < -0.4 is 5.11 Å². The number of rotatable bonds is 5. The van der Waals surface area contributed by atoms with Gasteiger partial charge in [-0.3, -0.25) is 4.79 Å². The van der Waals surface area contributed by atoms with Crippen molar-refractivity contribution in [3.8, 4) is 0 Å². The molecule has 120 valence electrons. The van der Waals surface area contributed by atoms with Crippen LogP contribution in [0.2, 0.25) is 0 Å². The molecule has 0 unspecified atom stereocenters. The van der Waals surface area contributed by atoms with Gasteiger partial charge in [0.25, 0.3) is 0 Å². The molecule has 0 fully saturated rings. The number of hydrazone groups is 1. The summed E-state index contributed by atoms with van der Waals surface area (Å²) in [7, 11) is 0. The van der Waals surface area contributed by atoms with Gasteiger partial charge >= 0.3 is 0 Å². The van der Waals surface area contributed by atoms with Crippen LogP contribution in [-0.2, 0) is 9.59 Å². The molecule has 1 amide bonds. The summed E-state index contributed by atoms with van der Waals surface area (Å²) >= 11 is 1.55. The molecule has 1 aliphatic rings. The largest absolute Gasteiger partial charge is 0.550 e. The molecule has 2 aromatic heterocycles. The van der Waals surface area contributed by atoms with Crippen molar-refractivity contribution in [2.45, 2.75) is 32.2 Å². The molecule has 0 saturated heterocycles. The van der Waals surface area contributed by atoms with Gasteiger partial charge in [0.05, 0.1) is 10.6 Å². The molecule has 3 rings (SSSR count). The SMILES string of the molecule is Cc1ccc([C@@H]2CC(c3cccs3)=NN2C(=O)CCC(=O)[O-])o1. The first-order valence-corrected chi connectivity index (χ1v) is 8.12. The summed E-state index contributed by atoms with van der Waals surface area (Å²) in [6, 6.07) is 7.20. The Labute approximate surface area is 137 Å². The first-order valence-electron chi connectivity index (χ1n) is 7.24. The highest BCUT2D eigenvalue weighted by Gasteiger charge is 2.35. The molecule has 0 spiro atoms. The van der Waals surface area contributed by atoms with Crippen molar-refractivity contribution < 1.29 is 19.1 Å². The van der Waals surface area contributed by atoms with E-state index in [1.165, 1.54) is 5.01 Å². The van der Waals surface area contributed by atoms with Gasteiger partial charge in [-0.25, -0.2) is 5.01 Å². The number of carboxylic acids is 1. The molecule has 2 aromatic rings. The minimum absolute atomic E-state index is 0.139. The number of aliphatic carboxylic acids is 1. The minimum atomic E-state index is -1.25. The molecular weight excluding hydrogens is 316 g/mol. The Morgan fingerprint density at radius 1 is 1.39 bits per heavy atom. The molecule has 0 aliphatic carbocycles. The third-order valence-electron chi connectivity index (χ3n) is 3.60. The number of hydrogen-bond donors (Lipinski definition) is 0. The Bertz CT molecular complexity index is 748. The number of carboxylic acid groups (broad SMARTS) is 1. The van der Waals surface area contributed by atoms with Gasteiger partial charge in [0.1, 0.15) is 17.6 Å². The number of aryl methyl sites for hydroxylation is 1. The van der Waals surface area contributed by atoms with Gasteiger partial charge in [-0.15, -0.1) is 11.3 Å². The summed E-state index contributed by atoms with van der Waals surface area (Å²) in [5, 5.41) is 18.3. The van der Waals surface area contributed by atoms with Gasteiger partial charge in [0.15, 0.2) is 0 Å². The van der Waals surface area contributed by atoms with Crippen molar-refractivity contribution in [3.63, 3.8) is 0 Å². The van der Waals surface area contributed by atoms with Crippen LogP contribution in [0.3, 0.4) is 0 Å². The van der Waals surface area contributed by atoms with E-state index >= 15 is 0 Å². The van der Waals surface area contributed by atoms with Gasteiger partial charge in [0, 0.05) is 18.8 Å². The first kappa shape index (κ1) is 15.5. The molecule has 0 bridgehead atoms. The molecule has 0 saturated carbocycles. The molecule has 0 N–H and O–H groups in total. The van der Waals surface area contributed by atoms with Gasteiger partial charge in [-0.1, -0.05) is 6.07 Å². The number of carbonyl (C=O) groups is 2. The van der Waals surface area contributed by atoms with E-state index in [-0.39, 0.29) is 24.8 Å².